The molecule has 1 amide bonds. The van der Waals surface area contributed by atoms with Crippen molar-refractivity contribution in [1.29, 1.82) is 0 Å². The highest BCUT2D eigenvalue weighted by molar-refractivity contribution is 5.85. The van der Waals surface area contributed by atoms with Gasteiger partial charge in [0.25, 0.3) is 0 Å². The lowest BCUT2D eigenvalue weighted by molar-refractivity contribution is -0.137. The molecule has 1 aliphatic heterocycles. The van der Waals surface area contributed by atoms with Crippen LogP contribution >= 0.6 is 24.8 Å². The van der Waals surface area contributed by atoms with Gasteiger partial charge in [-0.25, -0.2) is 0 Å². The minimum atomic E-state index is -0.0518. The zero-order chi connectivity index (χ0) is 14.3. The van der Waals surface area contributed by atoms with Crippen LogP contribution in [0.3, 0.4) is 0 Å². The van der Waals surface area contributed by atoms with Crippen molar-refractivity contribution in [2.45, 2.75) is 51.6 Å². The Morgan fingerprint density at radius 2 is 1.68 bits per heavy atom. The van der Waals surface area contributed by atoms with Crippen LogP contribution in [0.5, 0.6) is 0 Å². The van der Waals surface area contributed by atoms with Gasteiger partial charge >= 0.3 is 0 Å². The number of hydrogen-bond donors (Lipinski definition) is 1. The molecule has 0 radical (unpaired) electrons. The molecule has 4 nitrogen and oxygen atoms in total. The molecule has 0 aromatic rings. The largest absolute Gasteiger partial charge is 0.340 e. The summed E-state index contributed by atoms with van der Waals surface area (Å²) in [5.74, 6) is 2.14. The number of carbonyl (C=O) groups excluding carboxylic acids is 1. The quantitative estimate of drug-likeness (QED) is 0.847. The molecule has 2 N–H and O–H groups in total. The summed E-state index contributed by atoms with van der Waals surface area (Å²) in [6, 6.07) is 0.767. The number of hydrogen-bond acceptors (Lipinski definition) is 3. The van der Waals surface area contributed by atoms with E-state index in [4.69, 9.17) is 5.73 Å². The monoisotopic (exact) mass is 351 g/mol. The molecular formula is C16H31Cl2N3O. The summed E-state index contributed by atoms with van der Waals surface area (Å²) in [6.07, 6.45) is 5.78. The Bertz CT molecular complexity index is 372. The highest BCUT2D eigenvalue weighted by Crippen LogP contribution is 2.46. The van der Waals surface area contributed by atoms with E-state index in [0.717, 1.165) is 44.1 Å². The fraction of sp³-hybridized carbons (Fsp3) is 0.938. The molecule has 1 saturated heterocycles. The van der Waals surface area contributed by atoms with Gasteiger partial charge in [0.1, 0.15) is 0 Å². The van der Waals surface area contributed by atoms with Crippen LogP contribution in [-0.2, 0) is 4.79 Å². The van der Waals surface area contributed by atoms with Crippen LogP contribution in [0.1, 0.15) is 39.5 Å². The van der Waals surface area contributed by atoms with Crippen molar-refractivity contribution < 1.29 is 4.79 Å². The molecule has 3 fully saturated rings. The lowest BCUT2D eigenvalue weighted by Crippen LogP contribution is -2.55. The maximum absolute atomic E-state index is 12.3. The third kappa shape index (κ3) is 3.89. The lowest BCUT2D eigenvalue weighted by Gasteiger charge is -2.41. The highest BCUT2D eigenvalue weighted by Gasteiger charge is 2.43. The average molecular weight is 352 g/mol. The number of halogens is 2. The summed E-state index contributed by atoms with van der Waals surface area (Å²) >= 11 is 0. The minimum Gasteiger partial charge on any atom is -0.340 e. The van der Waals surface area contributed by atoms with Crippen LogP contribution in [0.2, 0.25) is 0 Å². The van der Waals surface area contributed by atoms with Crippen molar-refractivity contribution in [1.82, 2.24) is 9.80 Å². The summed E-state index contributed by atoms with van der Waals surface area (Å²) in [6.45, 7) is 7.79. The first-order chi connectivity index (χ1) is 9.56. The Morgan fingerprint density at radius 1 is 1.05 bits per heavy atom. The number of nitrogens with zero attached hydrogens (tertiary/aromatic N) is 2. The summed E-state index contributed by atoms with van der Waals surface area (Å²) in [5.41, 5.74) is 5.85. The number of piperazine rings is 1. The van der Waals surface area contributed by atoms with Gasteiger partial charge < -0.3 is 10.6 Å². The Labute approximate surface area is 147 Å². The number of rotatable bonds is 3. The van der Waals surface area contributed by atoms with Gasteiger partial charge in [0, 0.05) is 38.3 Å². The van der Waals surface area contributed by atoms with Gasteiger partial charge in [-0.3, -0.25) is 9.69 Å². The second-order valence-electron chi connectivity index (χ2n) is 7.25. The normalized spacial score (nSPS) is 33.8. The van der Waals surface area contributed by atoms with Crippen LogP contribution in [0.4, 0.5) is 0 Å². The molecule has 2 aliphatic carbocycles. The zero-order valence-electron chi connectivity index (χ0n) is 13.7. The first kappa shape index (κ1) is 20.0. The first-order valence-corrected chi connectivity index (χ1v) is 8.34. The summed E-state index contributed by atoms with van der Waals surface area (Å²) in [4.78, 5) is 17.0. The number of nitrogens with two attached hydrogens (primary N) is 1. The maximum Gasteiger partial charge on any atom is 0.227 e. The van der Waals surface area contributed by atoms with Gasteiger partial charge in [-0.2, -0.15) is 0 Å². The van der Waals surface area contributed by atoms with Gasteiger partial charge in [0.2, 0.25) is 5.91 Å². The smallest absolute Gasteiger partial charge is 0.227 e. The number of fused-ring (bicyclic) bond motifs is 2. The molecule has 0 aromatic carbocycles. The van der Waals surface area contributed by atoms with Gasteiger partial charge in [-0.05, 0) is 38.0 Å². The van der Waals surface area contributed by atoms with Crippen molar-refractivity contribution in [2.75, 3.05) is 26.2 Å². The average Bonchev–Trinajstić information content (AvgIpc) is 3.08. The van der Waals surface area contributed by atoms with Crippen molar-refractivity contribution in [2.24, 2.45) is 23.5 Å². The molecule has 3 aliphatic rings. The standard InChI is InChI=1S/C16H29N3O.2ClH/c1-11(12(2)17)16(20)19-7-5-18(6-8-19)15-10-13-3-4-14(15)9-13;;/h11-15H,3-10,17H2,1-2H3;2*1H. The molecule has 22 heavy (non-hydrogen) atoms. The predicted octanol–water partition coefficient (Wildman–Crippen LogP) is 2.15. The molecular weight excluding hydrogens is 321 g/mol. The molecule has 0 spiro atoms. The van der Waals surface area contributed by atoms with Crippen LogP contribution in [0.15, 0.2) is 0 Å². The third-order valence-corrected chi connectivity index (χ3v) is 5.97. The maximum atomic E-state index is 12.3. The highest BCUT2D eigenvalue weighted by atomic mass is 35.5. The van der Waals surface area contributed by atoms with E-state index in [1.54, 1.807) is 0 Å². The van der Waals surface area contributed by atoms with Crippen molar-refractivity contribution in [3.05, 3.63) is 0 Å². The molecule has 5 atom stereocenters. The Balaban J connectivity index is 0.00000121. The molecule has 2 bridgehead atoms. The number of amides is 1. The van der Waals surface area contributed by atoms with Crippen molar-refractivity contribution >= 4 is 30.7 Å². The van der Waals surface area contributed by atoms with Gasteiger partial charge in [-0.15, -0.1) is 24.8 Å². The van der Waals surface area contributed by atoms with E-state index in [9.17, 15) is 4.79 Å². The van der Waals surface area contributed by atoms with Crippen LogP contribution in [0, 0.1) is 17.8 Å². The Hall–Kier alpha value is -0.0300. The lowest BCUT2D eigenvalue weighted by atomic mass is 9.93. The third-order valence-electron chi connectivity index (χ3n) is 5.97. The van der Waals surface area contributed by atoms with E-state index in [0.29, 0.717) is 0 Å². The van der Waals surface area contributed by atoms with E-state index in [-0.39, 0.29) is 42.7 Å². The SMILES string of the molecule is CC(N)C(C)C(=O)N1CCN(C2CC3CCC2C3)CC1.Cl.Cl. The van der Waals surface area contributed by atoms with Gasteiger partial charge in [-0.1, -0.05) is 13.3 Å². The summed E-state index contributed by atoms with van der Waals surface area (Å²) in [7, 11) is 0. The Kier molecular flexibility index (Phi) is 7.44. The summed E-state index contributed by atoms with van der Waals surface area (Å²) in [5, 5.41) is 0. The molecule has 0 aromatic heterocycles. The van der Waals surface area contributed by atoms with Gasteiger partial charge in [0.15, 0.2) is 0 Å². The van der Waals surface area contributed by atoms with Crippen LogP contribution in [-0.4, -0.2) is 54.0 Å². The second-order valence-corrected chi connectivity index (χ2v) is 7.25. The second kappa shape index (κ2) is 8.18. The fourth-order valence-corrected chi connectivity index (χ4v) is 4.45. The van der Waals surface area contributed by atoms with E-state index < -0.39 is 0 Å². The van der Waals surface area contributed by atoms with E-state index in [2.05, 4.69) is 4.90 Å². The van der Waals surface area contributed by atoms with E-state index in [1.807, 2.05) is 18.7 Å². The van der Waals surface area contributed by atoms with Gasteiger partial charge in [0.05, 0.1) is 5.92 Å². The topological polar surface area (TPSA) is 49.6 Å². The van der Waals surface area contributed by atoms with Crippen molar-refractivity contribution in [3.8, 4) is 0 Å². The molecule has 6 heteroatoms. The summed E-state index contributed by atoms with van der Waals surface area (Å²) < 4.78 is 0. The minimum absolute atomic E-state index is 0. The number of carbonyl (C=O) groups is 1. The molecule has 1 heterocycles. The fourth-order valence-electron chi connectivity index (χ4n) is 4.45. The molecule has 5 unspecified atom stereocenters. The predicted molar refractivity (Wildman–Crippen MR) is 94.7 cm³/mol. The first-order valence-electron chi connectivity index (χ1n) is 8.34. The van der Waals surface area contributed by atoms with Crippen LogP contribution < -0.4 is 5.73 Å². The van der Waals surface area contributed by atoms with E-state index in [1.165, 1.54) is 25.7 Å². The molecule has 2 saturated carbocycles. The molecule has 3 rings (SSSR count). The Morgan fingerprint density at radius 3 is 2.14 bits per heavy atom. The van der Waals surface area contributed by atoms with Crippen molar-refractivity contribution in [3.63, 3.8) is 0 Å². The van der Waals surface area contributed by atoms with Crippen LogP contribution in [0.25, 0.3) is 0 Å². The van der Waals surface area contributed by atoms with E-state index >= 15 is 0 Å². The zero-order valence-corrected chi connectivity index (χ0v) is 15.4. The molecule has 130 valence electrons.